The van der Waals surface area contributed by atoms with Crippen molar-refractivity contribution in [2.45, 2.75) is 26.2 Å². The zero-order valence-electron chi connectivity index (χ0n) is 11.4. The summed E-state index contributed by atoms with van der Waals surface area (Å²) in [5, 5.41) is 4.14. The standard InChI is InChI=1S/C15H18N2O2/c1-8-4-5-10(7-12(8)18-3)13-14(11-6-9(11)2)17-19-15(13)16/h4-5,7,9,11H,6,16H2,1-3H3. The second kappa shape index (κ2) is 4.30. The molecule has 2 aromatic rings. The molecule has 2 atom stereocenters. The van der Waals surface area contributed by atoms with Gasteiger partial charge >= 0.3 is 0 Å². The lowest BCUT2D eigenvalue weighted by atomic mass is 10.0. The number of nitrogen functional groups attached to an aromatic ring is 1. The average molecular weight is 258 g/mol. The number of anilines is 1. The van der Waals surface area contributed by atoms with Crippen LogP contribution in [0.25, 0.3) is 11.1 Å². The molecule has 0 spiro atoms. The number of methoxy groups -OCH3 is 1. The smallest absolute Gasteiger partial charge is 0.230 e. The fourth-order valence-electron chi connectivity index (χ4n) is 2.54. The fraction of sp³-hybridized carbons (Fsp3) is 0.400. The van der Waals surface area contributed by atoms with Crippen molar-refractivity contribution in [1.29, 1.82) is 0 Å². The molecule has 2 unspecified atom stereocenters. The van der Waals surface area contributed by atoms with Crippen molar-refractivity contribution in [2.75, 3.05) is 12.8 Å². The third-order valence-corrected chi connectivity index (χ3v) is 3.90. The molecule has 0 saturated heterocycles. The summed E-state index contributed by atoms with van der Waals surface area (Å²) in [7, 11) is 1.67. The predicted molar refractivity (Wildman–Crippen MR) is 74.2 cm³/mol. The molecule has 1 fully saturated rings. The Morgan fingerprint density at radius 3 is 2.79 bits per heavy atom. The Balaban J connectivity index is 2.09. The minimum absolute atomic E-state index is 0.389. The lowest BCUT2D eigenvalue weighted by Crippen LogP contribution is -1.92. The number of nitrogens with zero attached hydrogens (tertiary/aromatic N) is 1. The van der Waals surface area contributed by atoms with E-state index in [1.54, 1.807) is 7.11 Å². The van der Waals surface area contributed by atoms with Gasteiger partial charge in [-0.05, 0) is 36.5 Å². The van der Waals surface area contributed by atoms with Crippen molar-refractivity contribution in [1.82, 2.24) is 5.16 Å². The second-order valence-corrected chi connectivity index (χ2v) is 5.31. The topological polar surface area (TPSA) is 61.3 Å². The van der Waals surface area contributed by atoms with Crippen molar-refractivity contribution in [3.8, 4) is 16.9 Å². The maximum absolute atomic E-state index is 5.94. The molecule has 100 valence electrons. The van der Waals surface area contributed by atoms with Crippen LogP contribution in [0.2, 0.25) is 0 Å². The van der Waals surface area contributed by atoms with Gasteiger partial charge in [0.15, 0.2) is 0 Å². The van der Waals surface area contributed by atoms with Gasteiger partial charge in [0.25, 0.3) is 0 Å². The SMILES string of the molecule is COc1cc(-c2c(C3CC3C)noc2N)ccc1C. The molecule has 1 saturated carbocycles. The number of nitrogens with two attached hydrogens (primary N) is 1. The van der Waals surface area contributed by atoms with Gasteiger partial charge in [-0.1, -0.05) is 24.2 Å². The molecule has 1 aromatic heterocycles. The summed E-state index contributed by atoms with van der Waals surface area (Å²) in [5.41, 5.74) is 9.96. The third kappa shape index (κ3) is 1.97. The normalized spacial score (nSPS) is 21.4. The molecule has 4 heteroatoms. The molecule has 19 heavy (non-hydrogen) atoms. The Morgan fingerprint density at radius 2 is 2.16 bits per heavy atom. The molecule has 1 aliphatic rings. The largest absolute Gasteiger partial charge is 0.496 e. The summed E-state index contributed by atoms with van der Waals surface area (Å²) >= 11 is 0. The number of rotatable bonds is 3. The zero-order chi connectivity index (χ0) is 13.6. The maximum Gasteiger partial charge on any atom is 0.230 e. The van der Waals surface area contributed by atoms with E-state index in [4.69, 9.17) is 15.0 Å². The van der Waals surface area contributed by atoms with Gasteiger partial charge in [-0.15, -0.1) is 0 Å². The van der Waals surface area contributed by atoms with Crippen LogP contribution in [0.3, 0.4) is 0 Å². The van der Waals surface area contributed by atoms with Crippen LogP contribution in [0, 0.1) is 12.8 Å². The summed E-state index contributed by atoms with van der Waals surface area (Å²) in [4.78, 5) is 0. The van der Waals surface area contributed by atoms with Crippen LogP contribution in [0.1, 0.15) is 30.5 Å². The van der Waals surface area contributed by atoms with Gasteiger partial charge in [0.1, 0.15) is 5.75 Å². The van der Waals surface area contributed by atoms with Gasteiger partial charge in [-0.2, -0.15) is 0 Å². The molecule has 1 aromatic carbocycles. The number of aromatic nitrogens is 1. The summed E-state index contributed by atoms with van der Waals surface area (Å²) < 4.78 is 10.6. The van der Waals surface area contributed by atoms with Crippen LogP contribution in [-0.2, 0) is 0 Å². The van der Waals surface area contributed by atoms with Crippen LogP contribution in [0.4, 0.5) is 5.88 Å². The lowest BCUT2D eigenvalue weighted by molar-refractivity contribution is 0.412. The molecule has 0 amide bonds. The quantitative estimate of drug-likeness (QED) is 0.917. The number of ether oxygens (including phenoxy) is 1. The molecule has 0 bridgehead atoms. The van der Waals surface area contributed by atoms with Crippen molar-refractivity contribution in [3.05, 3.63) is 29.5 Å². The number of benzene rings is 1. The van der Waals surface area contributed by atoms with Gasteiger partial charge in [-0.25, -0.2) is 0 Å². The molecule has 3 rings (SSSR count). The molecular formula is C15H18N2O2. The van der Waals surface area contributed by atoms with Crippen molar-refractivity contribution < 1.29 is 9.26 Å². The van der Waals surface area contributed by atoms with E-state index >= 15 is 0 Å². The van der Waals surface area contributed by atoms with Crippen molar-refractivity contribution in [3.63, 3.8) is 0 Å². The van der Waals surface area contributed by atoms with Gasteiger partial charge in [0, 0.05) is 5.92 Å². The Morgan fingerprint density at radius 1 is 1.42 bits per heavy atom. The predicted octanol–water partition coefficient (Wildman–Crippen LogP) is 3.36. The van der Waals surface area contributed by atoms with E-state index in [0.717, 1.165) is 34.6 Å². The molecule has 0 radical (unpaired) electrons. The summed E-state index contributed by atoms with van der Waals surface area (Å²) in [6, 6.07) is 6.06. The first-order valence-electron chi connectivity index (χ1n) is 6.52. The van der Waals surface area contributed by atoms with Crippen LogP contribution in [-0.4, -0.2) is 12.3 Å². The molecule has 1 heterocycles. The minimum Gasteiger partial charge on any atom is -0.496 e. The van der Waals surface area contributed by atoms with Crippen molar-refractivity contribution in [2.24, 2.45) is 5.92 Å². The lowest BCUT2D eigenvalue weighted by Gasteiger charge is -2.08. The van der Waals surface area contributed by atoms with Crippen LogP contribution in [0.5, 0.6) is 5.75 Å². The summed E-state index contributed by atoms with van der Waals surface area (Å²) in [6.07, 6.45) is 1.15. The molecule has 2 N–H and O–H groups in total. The highest BCUT2D eigenvalue weighted by atomic mass is 16.5. The first-order valence-corrected chi connectivity index (χ1v) is 6.52. The van der Waals surface area contributed by atoms with Gasteiger partial charge in [-0.3, -0.25) is 0 Å². The van der Waals surface area contributed by atoms with Crippen LogP contribution in [0.15, 0.2) is 22.7 Å². The first-order chi connectivity index (χ1) is 9.11. The Kier molecular flexibility index (Phi) is 2.73. The average Bonchev–Trinajstić information content (AvgIpc) is 2.99. The van der Waals surface area contributed by atoms with Crippen LogP contribution >= 0.6 is 0 Å². The van der Waals surface area contributed by atoms with E-state index < -0.39 is 0 Å². The second-order valence-electron chi connectivity index (χ2n) is 5.31. The number of hydrogen-bond acceptors (Lipinski definition) is 4. The highest BCUT2D eigenvalue weighted by Gasteiger charge is 2.39. The third-order valence-electron chi connectivity index (χ3n) is 3.90. The zero-order valence-corrected chi connectivity index (χ0v) is 11.4. The Bertz CT molecular complexity index is 619. The maximum atomic E-state index is 5.94. The molecule has 4 nitrogen and oxygen atoms in total. The number of aryl methyl sites for hydroxylation is 1. The minimum atomic E-state index is 0.389. The van der Waals surface area contributed by atoms with E-state index in [-0.39, 0.29) is 0 Å². The monoisotopic (exact) mass is 258 g/mol. The van der Waals surface area contributed by atoms with E-state index in [1.807, 2.05) is 25.1 Å². The molecular weight excluding hydrogens is 240 g/mol. The van der Waals surface area contributed by atoms with E-state index in [1.165, 1.54) is 0 Å². The van der Waals surface area contributed by atoms with Gasteiger partial charge in [0.05, 0.1) is 18.4 Å². The summed E-state index contributed by atoms with van der Waals surface area (Å²) in [6.45, 7) is 4.23. The Hall–Kier alpha value is -1.97. The van der Waals surface area contributed by atoms with Gasteiger partial charge < -0.3 is 15.0 Å². The van der Waals surface area contributed by atoms with E-state index in [9.17, 15) is 0 Å². The van der Waals surface area contributed by atoms with Crippen LogP contribution < -0.4 is 10.5 Å². The fourth-order valence-corrected chi connectivity index (χ4v) is 2.54. The molecule has 0 aliphatic heterocycles. The number of hydrogen-bond donors (Lipinski definition) is 1. The van der Waals surface area contributed by atoms with Gasteiger partial charge in [0.2, 0.25) is 5.88 Å². The Labute approximate surface area is 112 Å². The van der Waals surface area contributed by atoms with E-state index in [0.29, 0.717) is 17.7 Å². The van der Waals surface area contributed by atoms with Crippen molar-refractivity contribution >= 4 is 5.88 Å². The first kappa shape index (κ1) is 12.1. The molecule has 1 aliphatic carbocycles. The van der Waals surface area contributed by atoms with E-state index in [2.05, 4.69) is 12.1 Å². The highest BCUT2D eigenvalue weighted by molar-refractivity contribution is 5.77. The summed E-state index contributed by atoms with van der Waals surface area (Å²) in [5.74, 6) is 2.38. The highest BCUT2D eigenvalue weighted by Crippen LogP contribution is 2.50.